The Labute approximate surface area is 122 Å². The van der Waals surface area contributed by atoms with E-state index in [0.29, 0.717) is 18.3 Å². The van der Waals surface area contributed by atoms with Gasteiger partial charge in [0, 0.05) is 23.5 Å². The molecular weight excluding hydrogens is 266 g/mol. The summed E-state index contributed by atoms with van der Waals surface area (Å²) in [7, 11) is 0. The standard InChI is InChI=1S/C16H15N3O2/c1-3-20-13-4-5-14(11(2)10-13)16-18-15(19-21-16)12-6-8-17-9-7-12/h4-10H,3H2,1-2H3. The minimum Gasteiger partial charge on any atom is -0.494 e. The number of hydrogen-bond donors (Lipinski definition) is 0. The van der Waals surface area contributed by atoms with E-state index in [0.717, 1.165) is 22.4 Å². The minimum atomic E-state index is 0.502. The molecule has 0 radical (unpaired) electrons. The molecule has 2 heterocycles. The molecular formula is C16H15N3O2. The highest BCUT2D eigenvalue weighted by atomic mass is 16.5. The second-order valence-electron chi connectivity index (χ2n) is 4.57. The molecule has 0 aliphatic carbocycles. The van der Waals surface area contributed by atoms with Crippen LogP contribution >= 0.6 is 0 Å². The summed E-state index contributed by atoms with van der Waals surface area (Å²) in [4.78, 5) is 8.42. The zero-order valence-electron chi connectivity index (χ0n) is 11.9. The lowest BCUT2D eigenvalue weighted by Gasteiger charge is -2.05. The Bertz CT molecular complexity index is 738. The summed E-state index contributed by atoms with van der Waals surface area (Å²) in [6, 6.07) is 9.50. The molecule has 3 aromatic rings. The van der Waals surface area contributed by atoms with Crippen molar-refractivity contribution in [2.24, 2.45) is 0 Å². The maximum atomic E-state index is 5.48. The van der Waals surface area contributed by atoms with Crippen LogP contribution in [0.1, 0.15) is 12.5 Å². The summed E-state index contributed by atoms with van der Waals surface area (Å²) in [5.41, 5.74) is 2.82. The van der Waals surface area contributed by atoms with Crippen molar-refractivity contribution >= 4 is 0 Å². The summed E-state index contributed by atoms with van der Waals surface area (Å²) < 4.78 is 10.8. The first-order valence-electron chi connectivity index (χ1n) is 6.76. The fourth-order valence-corrected chi connectivity index (χ4v) is 2.08. The molecule has 2 aromatic heterocycles. The van der Waals surface area contributed by atoms with Crippen molar-refractivity contribution in [2.75, 3.05) is 6.61 Å². The van der Waals surface area contributed by atoms with Crippen molar-refractivity contribution in [3.8, 4) is 28.6 Å². The average Bonchev–Trinajstić information content (AvgIpc) is 2.98. The number of hydrogen-bond acceptors (Lipinski definition) is 5. The van der Waals surface area contributed by atoms with E-state index in [1.165, 1.54) is 0 Å². The van der Waals surface area contributed by atoms with E-state index in [1.807, 2.05) is 44.2 Å². The van der Waals surface area contributed by atoms with Crippen LogP contribution in [0.5, 0.6) is 5.75 Å². The van der Waals surface area contributed by atoms with Crippen LogP contribution in [0, 0.1) is 6.92 Å². The van der Waals surface area contributed by atoms with E-state index in [-0.39, 0.29) is 0 Å². The first-order valence-corrected chi connectivity index (χ1v) is 6.76. The molecule has 0 bridgehead atoms. The molecule has 0 saturated heterocycles. The number of benzene rings is 1. The average molecular weight is 281 g/mol. The third-order valence-electron chi connectivity index (χ3n) is 3.10. The highest BCUT2D eigenvalue weighted by Gasteiger charge is 2.13. The van der Waals surface area contributed by atoms with Gasteiger partial charge in [-0.05, 0) is 49.7 Å². The van der Waals surface area contributed by atoms with Gasteiger partial charge in [0.2, 0.25) is 5.82 Å². The number of pyridine rings is 1. The van der Waals surface area contributed by atoms with E-state index in [9.17, 15) is 0 Å². The highest BCUT2D eigenvalue weighted by molar-refractivity contribution is 5.63. The third kappa shape index (κ3) is 2.76. The summed E-state index contributed by atoms with van der Waals surface area (Å²) in [5, 5.41) is 4.02. The van der Waals surface area contributed by atoms with E-state index in [4.69, 9.17) is 9.26 Å². The van der Waals surface area contributed by atoms with Gasteiger partial charge in [-0.2, -0.15) is 4.98 Å². The maximum Gasteiger partial charge on any atom is 0.258 e. The summed E-state index contributed by atoms with van der Waals surface area (Å²) in [6.07, 6.45) is 3.40. The minimum absolute atomic E-state index is 0.502. The SMILES string of the molecule is CCOc1ccc(-c2nc(-c3ccncc3)no2)c(C)c1. The lowest BCUT2D eigenvalue weighted by molar-refractivity contribution is 0.340. The van der Waals surface area contributed by atoms with Gasteiger partial charge in [0.1, 0.15) is 5.75 Å². The monoisotopic (exact) mass is 281 g/mol. The van der Waals surface area contributed by atoms with Crippen LogP contribution in [0.4, 0.5) is 0 Å². The highest BCUT2D eigenvalue weighted by Crippen LogP contribution is 2.27. The van der Waals surface area contributed by atoms with Crippen LogP contribution in [0.15, 0.2) is 47.2 Å². The number of aryl methyl sites for hydroxylation is 1. The number of ether oxygens (including phenoxy) is 1. The Morgan fingerprint density at radius 1 is 1.14 bits per heavy atom. The van der Waals surface area contributed by atoms with Gasteiger partial charge in [-0.15, -0.1) is 0 Å². The van der Waals surface area contributed by atoms with Crippen molar-refractivity contribution in [3.05, 3.63) is 48.3 Å². The molecule has 5 heteroatoms. The fourth-order valence-electron chi connectivity index (χ4n) is 2.08. The van der Waals surface area contributed by atoms with Crippen molar-refractivity contribution in [3.63, 3.8) is 0 Å². The number of rotatable bonds is 4. The van der Waals surface area contributed by atoms with E-state index in [2.05, 4.69) is 15.1 Å². The van der Waals surface area contributed by atoms with Gasteiger partial charge in [-0.25, -0.2) is 0 Å². The molecule has 1 aromatic carbocycles. The van der Waals surface area contributed by atoms with Crippen molar-refractivity contribution in [1.29, 1.82) is 0 Å². The molecule has 0 saturated carbocycles. The molecule has 106 valence electrons. The Hall–Kier alpha value is -2.69. The zero-order chi connectivity index (χ0) is 14.7. The van der Waals surface area contributed by atoms with E-state index >= 15 is 0 Å². The van der Waals surface area contributed by atoms with E-state index < -0.39 is 0 Å². The van der Waals surface area contributed by atoms with Gasteiger partial charge in [-0.1, -0.05) is 5.16 Å². The van der Waals surface area contributed by atoms with Crippen LogP contribution < -0.4 is 4.74 Å². The molecule has 0 N–H and O–H groups in total. The van der Waals surface area contributed by atoms with Gasteiger partial charge in [0.15, 0.2) is 0 Å². The van der Waals surface area contributed by atoms with E-state index in [1.54, 1.807) is 12.4 Å². The first-order chi connectivity index (χ1) is 10.3. The van der Waals surface area contributed by atoms with Crippen LogP contribution in [0.2, 0.25) is 0 Å². The second-order valence-corrected chi connectivity index (χ2v) is 4.57. The molecule has 0 amide bonds. The molecule has 0 fully saturated rings. The van der Waals surface area contributed by atoms with Crippen LogP contribution in [0.25, 0.3) is 22.8 Å². The van der Waals surface area contributed by atoms with Gasteiger partial charge in [-0.3, -0.25) is 4.98 Å². The molecule has 0 unspecified atom stereocenters. The van der Waals surface area contributed by atoms with Crippen molar-refractivity contribution < 1.29 is 9.26 Å². The third-order valence-corrected chi connectivity index (χ3v) is 3.10. The van der Waals surface area contributed by atoms with Gasteiger partial charge in [0.05, 0.1) is 6.61 Å². The van der Waals surface area contributed by atoms with Gasteiger partial charge >= 0.3 is 0 Å². The van der Waals surface area contributed by atoms with Gasteiger partial charge < -0.3 is 9.26 Å². The number of aromatic nitrogens is 3. The summed E-state index contributed by atoms with van der Waals surface area (Å²) in [6.45, 7) is 4.60. The van der Waals surface area contributed by atoms with Crippen LogP contribution in [-0.4, -0.2) is 21.7 Å². The molecule has 0 spiro atoms. The molecule has 0 aliphatic rings. The predicted molar refractivity (Wildman–Crippen MR) is 78.9 cm³/mol. The smallest absolute Gasteiger partial charge is 0.258 e. The lowest BCUT2D eigenvalue weighted by Crippen LogP contribution is -1.92. The predicted octanol–water partition coefficient (Wildman–Crippen LogP) is 3.51. The molecule has 21 heavy (non-hydrogen) atoms. The Kier molecular flexibility index (Phi) is 3.64. The van der Waals surface area contributed by atoms with Crippen molar-refractivity contribution in [1.82, 2.24) is 15.1 Å². The Morgan fingerprint density at radius 3 is 2.67 bits per heavy atom. The summed E-state index contributed by atoms with van der Waals surface area (Å²) in [5.74, 6) is 1.90. The molecule has 5 nitrogen and oxygen atoms in total. The zero-order valence-corrected chi connectivity index (χ0v) is 11.9. The van der Waals surface area contributed by atoms with Crippen LogP contribution in [0.3, 0.4) is 0 Å². The number of nitrogens with zero attached hydrogens (tertiary/aromatic N) is 3. The van der Waals surface area contributed by atoms with Gasteiger partial charge in [0.25, 0.3) is 5.89 Å². The largest absolute Gasteiger partial charge is 0.494 e. The quantitative estimate of drug-likeness (QED) is 0.732. The normalized spacial score (nSPS) is 10.6. The Morgan fingerprint density at radius 2 is 1.95 bits per heavy atom. The molecule has 0 aliphatic heterocycles. The maximum absolute atomic E-state index is 5.48. The van der Waals surface area contributed by atoms with Crippen LogP contribution in [-0.2, 0) is 0 Å². The summed E-state index contributed by atoms with van der Waals surface area (Å²) >= 11 is 0. The Balaban J connectivity index is 1.93. The first kappa shape index (κ1) is 13.3. The molecule has 0 atom stereocenters. The second kappa shape index (κ2) is 5.75. The topological polar surface area (TPSA) is 61.0 Å². The lowest BCUT2D eigenvalue weighted by atomic mass is 10.1. The van der Waals surface area contributed by atoms with Crippen molar-refractivity contribution in [2.45, 2.75) is 13.8 Å². The molecule has 3 rings (SSSR count). The fraction of sp³-hybridized carbons (Fsp3) is 0.188.